The van der Waals surface area contributed by atoms with Crippen LogP contribution in [0.5, 0.6) is 0 Å². The molecule has 0 bridgehead atoms. The molecule has 0 atom stereocenters. The summed E-state index contributed by atoms with van der Waals surface area (Å²) in [6.45, 7) is 3.20. The average molecular weight is 241 g/mol. The zero-order valence-corrected chi connectivity index (χ0v) is 9.95. The zero-order valence-electron chi connectivity index (χ0n) is 9.20. The summed E-state index contributed by atoms with van der Waals surface area (Å²) >= 11 is 6.12. The monoisotopic (exact) mass is 240 g/mol. The van der Waals surface area contributed by atoms with Gasteiger partial charge in [-0.1, -0.05) is 16.8 Å². The highest BCUT2D eigenvalue weighted by Gasteiger charge is 2.10. The van der Waals surface area contributed by atoms with E-state index in [0.29, 0.717) is 13.1 Å². The van der Waals surface area contributed by atoms with Gasteiger partial charge < -0.3 is 9.84 Å². The molecule has 86 valence electrons. The van der Waals surface area contributed by atoms with Crippen LogP contribution >= 0.6 is 11.6 Å². The minimum Gasteiger partial charge on any atom is -0.364 e. The van der Waals surface area contributed by atoms with Crippen molar-refractivity contribution < 1.29 is 4.52 Å². The molecule has 0 aliphatic rings. The molecule has 2 aromatic heterocycles. The molecule has 0 saturated carbocycles. The molecule has 6 heteroatoms. The Morgan fingerprint density at radius 3 is 2.88 bits per heavy atom. The Labute approximate surface area is 98.4 Å². The fourth-order valence-electron chi connectivity index (χ4n) is 1.51. The number of nitrogens with zero attached hydrogens (tertiary/aromatic N) is 3. The Morgan fingerprint density at radius 1 is 1.50 bits per heavy atom. The summed E-state index contributed by atoms with van der Waals surface area (Å²) in [6, 6.07) is 1.82. The van der Waals surface area contributed by atoms with Crippen LogP contribution in [0, 0.1) is 6.92 Å². The fourth-order valence-corrected chi connectivity index (χ4v) is 1.74. The third kappa shape index (κ3) is 2.25. The lowest BCUT2D eigenvalue weighted by molar-refractivity contribution is 0.408. The first-order valence-electron chi connectivity index (χ1n) is 4.96. The van der Waals surface area contributed by atoms with Crippen molar-refractivity contribution in [2.45, 2.75) is 20.0 Å². The van der Waals surface area contributed by atoms with Crippen LogP contribution in [0.3, 0.4) is 0 Å². The summed E-state index contributed by atoms with van der Waals surface area (Å²) in [5, 5.41) is 12.0. The van der Waals surface area contributed by atoms with Crippen molar-refractivity contribution in [1.82, 2.24) is 20.3 Å². The number of nitrogens with one attached hydrogen (secondary N) is 1. The minimum absolute atomic E-state index is 0.650. The molecule has 0 saturated heterocycles. The first-order chi connectivity index (χ1) is 7.68. The van der Waals surface area contributed by atoms with Crippen LogP contribution < -0.4 is 5.32 Å². The number of halogens is 1. The molecule has 0 aliphatic heterocycles. The summed E-state index contributed by atoms with van der Waals surface area (Å²) in [5.74, 6) is 0. The second kappa shape index (κ2) is 4.67. The van der Waals surface area contributed by atoms with Crippen molar-refractivity contribution in [2.75, 3.05) is 0 Å². The maximum absolute atomic E-state index is 6.12. The quantitative estimate of drug-likeness (QED) is 0.883. The third-order valence-electron chi connectivity index (χ3n) is 2.35. The summed E-state index contributed by atoms with van der Waals surface area (Å²) in [4.78, 5) is 0. The van der Waals surface area contributed by atoms with E-state index in [0.717, 1.165) is 22.1 Å². The summed E-state index contributed by atoms with van der Waals surface area (Å²) in [7, 11) is 1.88. The first kappa shape index (κ1) is 11.2. The maximum atomic E-state index is 6.12. The Morgan fingerprint density at radius 2 is 2.31 bits per heavy atom. The average Bonchev–Trinajstić information content (AvgIpc) is 2.82. The predicted molar refractivity (Wildman–Crippen MR) is 60.0 cm³/mol. The van der Waals surface area contributed by atoms with Crippen LogP contribution in [0.1, 0.15) is 17.1 Å². The van der Waals surface area contributed by atoms with Crippen molar-refractivity contribution in [3.63, 3.8) is 0 Å². The highest BCUT2D eigenvalue weighted by molar-refractivity contribution is 6.31. The number of aromatic nitrogens is 3. The number of aryl methyl sites for hydroxylation is 2. The van der Waals surface area contributed by atoms with Crippen LogP contribution in [0.25, 0.3) is 0 Å². The van der Waals surface area contributed by atoms with E-state index in [1.165, 1.54) is 0 Å². The highest BCUT2D eigenvalue weighted by atomic mass is 35.5. The summed E-state index contributed by atoms with van der Waals surface area (Å²) in [6.07, 6.45) is 1.55. The van der Waals surface area contributed by atoms with Crippen LogP contribution in [-0.4, -0.2) is 14.9 Å². The van der Waals surface area contributed by atoms with Crippen LogP contribution in [-0.2, 0) is 20.1 Å². The molecular formula is C10H13ClN4O. The van der Waals surface area contributed by atoms with E-state index < -0.39 is 0 Å². The Balaban J connectivity index is 1.95. The van der Waals surface area contributed by atoms with Gasteiger partial charge in [0, 0.05) is 26.2 Å². The molecule has 5 nitrogen and oxygen atoms in total. The Kier molecular flexibility index (Phi) is 3.26. The molecule has 16 heavy (non-hydrogen) atoms. The number of hydrogen-bond donors (Lipinski definition) is 1. The fraction of sp³-hybridized carbons (Fsp3) is 0.400. The van der Waals surface area contributed by atoms with Crippen molar-refractivity contribution in [3.8, 4) is 0 Å². The van der Waals surface area contributed by atoms with Crippen LogP contribution in [0.4, 0.5) is 0 Å². The van der Waals surface area contributed by atoms with Gasteiger partial charge in [0.2, 0.25) is 0 Å². The third-order valence-corrected chi connectivity index (χ3v) is 2.84. The van der Waals surface area contributed by atoms with Gasteiger partial charge in [-0.15, -0.1) is 0 Å². The molecule has 2 aromatic rings. The predicted octanol–water partition coefficient (Wildman–Crippen LogP) is 1.66. The molecule has 0 fully saturated rings. The smallest absolute Gasteiger partial charge is 0.124 e. The van der Waals surface area contributed by atoms with Crippen molar-refractivity contribution >= 4 is 11.6 Å². The van der Waals surface area contributed by atoms with Gasteiger partial charge in [0.05, 0.1) is 22.1 Å². The number of rotatable bonds is 4. The Bertz CT molecular complexity index is 463. The maximum Gasteiger partial charge on any atom is 0.124 e. The van der Waals surface area contributed by atoms with Crippen molar-refractivity contribution in [3.05, 3.63) is 34.4 Å². The zero-order chi connectivity index (χ0) is 11.5. The normalized spacial score (nSPS) is 10.9. The van der Waals surface area contributed by atoms with Gasteiger partial charge in [0.15, 0.2) is 0 Å². The molecule has 0 aromatic carbocycles. The number of hydrogen-bond acceptors (Lipinski definition) is 4. The van der Waals surface area contributed by atoms with E-state index >= 15 is 0 Å². The molecule has 0 spiro atoms. The Hall–Kier alpha value is -1.33. The lowest BCUT2D eigenvalue weighted by atomic mass is 10.3. The molecule has 2 heterocycles. The lowest BCUT2D eigenvalue weighted by Gasteiger charge is -2.03. The molecule has 0 amide bonds. The van der Waals surface area contributed by atoms with E-state index in [-0.39, 0.29) is 0 Å². The van der Waals surface area contributed by atoms with Gasteiger partial charge in [-0.2, -0.15) is 5.10 Å². The van der Waals surface area contributed by atoms with Gasteiger partial charge in [0.25, 0.3) is 0 Å². The molecule has 0 aliphatic carbocycles. The highest BCUT2D eigenvalue weighted by Crippen LogP contribution is 2.18. The molecule has 0 unspecified atom stereocenters. The van der Waals surface area contributed by atoms with Gasteiger partial charge in [-0.05, 0) is 6.92 Å². The van der Waals surface area contributed by atoms with E-state index in [1.54, 1.807) is 10.9 Å². The molecule has 1 N–H and O–H groups in total. The van der Waals surface area contributed by atoms with Crippen LogP contribution in [0.15, 0.2) is 16.9 Å². The minimum atomic E-state index is 0.650. The topological polar surface area (TPSA) is 55.9 Å². The molecule has 0 radical (unpaired) electrons. The first-order valence-corrected chi connectivity index (χ1v) is 5.34. The van der Waals surface area contributed by atoms with Gasteiger partial charge in [-0.3, -0.25) is 4.68 Å². The second-order valence-electron chi connectivity index (χ2n) is 3.56. The van der Waals surface area contributed by atoms with Crippen molar-refractivity contribution in [2.24, 2.45) is 7.05 Å². The van der Waals surface area contributed by atoms with E-state index in [4.69, 9.17) is 16.1 Å². The van der Waals surface area contributed by atoms with Gasteiger partial charge >= 0.3 is 0 Å². The van der Waals surface area contributed by atoms with E-state index in [1.807, 2.05) is 20.0 Å². The summed E-state index contributed by atoms with van der Waals surface area (Å²) < 4.78 is 6.52. The van der Waals surface area contributed by atoms with Crippen LogP contribution in [0.2, 0.25) is 5.02 Å². The summed E-state index contributed by atoms with van der Waals surface area (Å²) in [5.41, 5.74) is 2.69. The SMILES string of the molecule is Cc1nn(C)c(CNCc2ccon2)c1Cl. The largest absolute Gasteiger partial charge is 0.364 e. The van der Waals surface area contributed by atoms with Gasteiger partial charge in [0.1, 0.15) is 6.26 Å². The molecule has 2 rings (SSSR count). The molecular weight excluding hydrogens is 228 g/mol. The van der Waals surface area contributed by atoms with E-state index in [2.05, 4.69) is 15.6 Å². The van der Waals surface area contributed by atoms with E-state index in [9.17, 15) is 0 Å². The standard InChI is InChI=1S/C10H13ClN4O/c1-7-10(11)9(15(2)13-7)6-12-5-8-3-4-16-14-8/h3-4,12H,5-6H2,1-2H3. The van der Waals surface area contributed by atoms with Crippen molar-refractivity contribution in [1.29, 1.82) is 0 Å². The second-order valence-corrected chi connectivity index (χ2v) is 3.94. The van der Waals surface area contributed by atoms with Gasteiger partial charge in [-0.25, -0.2) is 0 Å². The lowest BCUT2D eigenvalue weighted by Crippen LogP contribution is -2.15.